The molecule has 3 nitrogen and oxygen atoms in total. The molecule has 0 fully saturated rings. The molecule has 2 N–H and O–H groups in total. The van der Waals surface area contributed by atoms with Gasteiger partial charge in [-0.1, -0.05) is 6.07 Å². The fourth-order valence-electron chi connectivity index (χ4n) is 1.85. The first-order valence-electron chi connectivity index (χ1n) is 5.96. The minimum atomic E-state index is 0.164. The van der Waals surface area contributed by atoms with Crippen molar-refractivity contribution in [2.45, 2.75) is 13.5 Å². The summed E-state index contributed by atoms with van der Waals surface area (Å²) < 4.78 is 6.33. The Morgan fingerprint density at radius 1 is 1.21 bits per heavy atom. The number of hydrogen-bond donors (Lipinski definition) is 2. The summed E-state index contributed by atoms with van der Waals surface area (Å²) in [6.07, 6.45) is 0. The number of methoxy groups -OCH3 is 1. The van der Waals surface area contributed by atoms with Crippen LogP contribution >= 0.6 is 22.6 Å². The number of aryl methyl sites for hydroxylation is 1. The fourth-order valence-corrected chi connectivity index (χ4v) is 2.50. The number of aromatic hydroxyl groups is 1. The molecule has 2 aromatic carbocycles. The average molecular weight is 369 g/mol. The number of rotatable bonds is 4. The molecule has 0 heterocycles. The molecule has 2 rings (SSSR count). The van der Waals surface area contributed by atoms with E-state index in [9.17, 15) is 5.11 Å². The third-order valence-electron chi connectivity index (χ3n) is 2.92. The Balaban J connectivity index is 2.10. The molecular formula is C15H16INO2. The molecule has 0 aliphatic carbocycles. The SMILES string of the molecule is COc1cc(CNc2ccc(I)cc2C)ccc1O. The van der Waals surface area contributed by atoms with Crippen molar-refractivity contribution < 1.29 is 9.84 Å². The number of ether oxygens (including phenoxy) is 1. The van der Waals surface area contributed by atoms with Gasteiger partial charge in [0.2, 0.25) is 0 Å². The van der Waals surface area contributed by atoms with Gasteiger partial charge in [-0.2, -0.15) is 0 Å². The van der Waals surface area contributed by atoms with Crippen molar-refractivity contribution in [3.63, 3.8) is 0 Å². The van der Waals surface area contributed by atoms with Gasteiger partial charge in [0.1, 0.15) is 0 Å². The number of nitrogens with one attached hydrogen (secondary N) is 1. The first-order chi connectivity index (χ1) is 9.10. The zero-order chi connectivity index (χ0) is 13.8. The van der Waals surface area contributed by atoms with Gasteiger partial charge in [0.05, 0.1) is 7.11 Å². The molecule has 0 saturated carbocycles. The summed E-state index contributed by atoms with van der Waals surface area (Å²) in [5.41, 5.74) is 3.40. The summed E-state index contributed by atoms with van der Waals surface area (Å²) in [5, 5.41) is 12.9. The second-order valence-electron chi connectivity index (χ2n) is 4.32. The maximum atomic E-state index is 9.55. The van der Waals surface area contributed by atoms with Gasteiger partial charge < -0.3 is 15.2 Å². The Kier molecular flexibility index (Phi) is 4.52. The van der Waals surface area contributed by atoms with E-state index < -0.39 is 0 Å². The van der Waals surface area contributed by atoms with Gasteiger partial charge >= 0.3 is 0 Å². The molecule has 0 spiro atoms. The Morgan fingerprint density at radius 2 is 2.00 bits per heavy atom. The highest BCUT2D eigenvalue weighted by Gasteiger charge is 2.03. The van der Waals surface area contributed by atoms with E-state index in [1.54, 1.807) is 13.2 Å². The smallest absolute Gasteiger partial charge is 0.160 e. The van der Waals surface area contributed by atoms with Crippen molar-refractivity contribution in [2.24, 2.45) is 0 Å². The lowest BCUT2D eigenvalue weighted by molar-refractivity contribution is 0.373. The molecule has 0 saturated heterocycles. The Labute approximate surface area is 126 Å². The van der Waals surface area contributed by atoms with Crippen LogP contribution in [0.2, 0.25) is 0 Å². The third kappa shape index (κ3) is 3.53. The summed E-state index contributed by atoms with van der Waals surface area (Å²) in [7, 11) is 1.55. The van der Waals surface area contributed by atoms with Crippen molar-refractivity contribution in [1.29, 1.82) is 0 Å². The van der Waals surface area contributed by atoms with Crippen LogP contribution in [-0.2, 0) is 6.54 Å². The van der Waals surface area contributed by atoms with Gasteiger partial charge in [-0.15, -0.1) is 0 Å². The second-order valence-corrected chi connectivity index (χ2v) is 5.56. The number of anilines is 1. The molecule has 19 heavy (non-hydrogen) atoms. The molecule has 0 atom stereocenters. The number of phenolic OH excluding ortho intramolecular Hbond substituents is 1. The van der Waals surface area contributed by atoms with E-state index in [0.29, 0.717) is 12.3 Å². The van der Waals surface area contributed by atoms with E-state index in [1.807, 2.05) is 12.1 Å². The van der Waals surface area contributed by atoms with E-state index in [4.69, 9.17) is 4.74 Å². The van der Waals surface area contributed by atoms with E-state index in [2.05, 4.69) is 53.0 Å². The number of hydrogen-bond acceptors (Lipinski definition) is 3. The van der Waals surface area contributed by atoms with Crippen LogP contribution in [0.4, 0.5) is 5.69 Å². The van der Waals surface area contributed by atoms with E-state index in [1.165, 1.54) is 9.13 Å². The highest BCUT2D eigenvalue weighted by Crippen LogP contribution is 2.27. The van der Waals surface area contributed by atoms with Crippen molar-refractivity contribution in [3.8, 4) is 11.5 Å². The minimum Gasteiger partial charge on any atom is -0.504 e. The number of benzene rings is 2. The van der Waals surface area contributed by atoms with Gasteiger partial charge in [-0.25, -0.2) is 0 Å². The van der Waals surface area contributed by atoms with Crippen LogP contribution in [0.15, 0.2) is 36.4 Å². The van der Waals surface area contributed by atoms with Crippen LogP contribution in [0.25, 0.3) is 0 Å². The highest BCUT2D eigenvalue weighted by atomic mass is 127. The minimum absolute atomic E-state index is 0.164. The summed E-state index contributed by atoms with van der Waals surface area (Å²) in [6.45, 7) is 2.78. The lowest BCUT2D eigenvalue weighted by Gasteiger charge is -2.11. The Bertz CT molecular complexity index is 584. The summed E-state index contributed by atoms with van der Waals surface area (Å²) in [4.78, 5) is 0. The zero-order valence-electron chi connectivity index (χ0n) is 10.9. The van der Waals surface area contributed by atoms with Crippen LogP contribution in [-0.4, -0.2) is 12.2 Å². The first kappa shape index (κ1) is 14.0. The molecule has 0 amide bonds. The predicted molar refractivity (Wildman–Crippen MR) is 85.9 cm³/mol. The number of halogens is 1. The van der Waals surface area contributed by atoms with E-state index in [-0.39, 0.29) is 5.75 Å². The van der Waals surface area contributed by atoms with Crippen LogP contribution in [0.1, 0.15) is 11.1 Å². The second kappa shape index (κ2) is 6.14. The van der Waals surface area contributed by atoms with Crippen LogP contribution < -0.4 is 10.1 Å². The topological polar surface area (TPSA) is 41.5 Å². The standard InChI is InChI=1S/C15H16INO2/c1-10-7-12(16)4-5-13(10)17-9-11-3-6-14(18)15(8-11)19-2/h3-8,17-18H,9H2,1-2H3. The lowest BCUT2D eigenvalue weighted by Crippen LogP contribution is -2.01. The van der Waals surface area contributed by atoms with Crippen molar-refractivity contribution >= 4 is 28.3 Å². The third-order valence-corrected chi connectivity index (χ3v) is 3.59. The highest BCUT2D eigenvalue weighted by molar-refractivity contribution is 14.1. The van der Waals surface area contributed by atoms with Gasteiger partial charge in [0, 0.05) is 15.8 Å². The van der Waals surface area contributed by atoms with Gasteiger partial charge in [-0.3, -0.25) is 0 Å². The molecule has 0 aliphatic rings. The normalized spacial score (nSPS) is 10.3. The van der Waals surface area contributed by atoms with Crippen molar-refractivity contribution in [1.82, 2.24) is 0 Å². The molecule has 2 aromatic rings. The largest absolute Gasteiger partial charge is 0.504 e. The van der Waals surface area contributed by atoms with E-state index >= 15 is 0 Å². The quantitative estimate of drug-likeness (QED) is 0.803. The average Bonchev–Trinajstić information content (AvgIpc) is 2.39. The molecule has 0 bridgehead atoms. The van der Waals surface area contributed by atoms with Crippen molar-refractivity contribution in [3.05, 3.63) is 51.1 Å². The summed E-state index contributed by atoms with van der Waals surface area (Å²) >= 11 is 2.30. The maximum absolute atomic E-state index is 9.55. The fraction of sp³-hybridized carbons (Fsp3) is 0.200. The molecule has 100 valence electrons. The van der Waals surface area contributed by atoms with Crippen LogP contribution in [0.3, 0.4) is 0 Å². The molecule has 0 radical (unpaired) electrons. The zero-order valence-corrected chi connectivity index (χ0v) is 13.1. The summed E-state index contributed by atoms with van der Waals surface area (Å²) in [6, 6.07) is 11.7. The number of phenols is 1. The molecule has 0 aromatic heterocycles. The molecule has 0 unspecified atom stereocenters. The van der Waals surface area contributed by atoms with Gasteiger partial charge in [0.25, 0.3) is 0 Å². The maximum Gasteiger partial charge on any atom is 0.160 e. The monoisotopic (exact) mass is 369 g/mol. The van der Waals surface area contributed by atoms with Gasteiger partial charge in [-0.05, 0) is 71.0 Å². The first-order valence-corrected chi connectivity index (χ1v) is 7.04. The summed E-state index contributed by atoms with van der Waals surface area (Å²) in [5.74, 6) is 0.662. The molecular weight excluding hydrogens is 353 g/mol. The molecule has 0 aliphatic heterocycles. The Morgan fingerprint density at radius 3 is 2.68 bits per heavy atom. The van der Waals surface area contributed by atoms with Crippen LogP contribution in [0, 0.1) is 10.5 Å². The van der Waals surface area contributed by atoms with E-state index in [0.717, 1.165) is 11.3 Å². The molecule has 4 heteroatoms. The Hall–Kier alpha value is -1.43. The van der Waals surface area contributed by atoms with Crippen molar-refractivity contribution in [2.75, 3.05) is 12.4 Å². The van der Waals surface area contributed by atoms with Crippen LogP contribution in [0.5, 0.6) is 11.5 Å². The van der Waals surface area contributed by atoms with Gasteiger partial charge in [0.15, 0.2) is 11.5 Å². The lowest BCUT2D eigenvalue weighted by atomic mass is 10.1. The predicted octanol–water partition coefficient (Wildman–Crippen LogP) is 3.93.